The molecule has 0 unspecified atom stereocenters. The molecule has 1 amide bonds. The van der Waals surface area contributed by atoms with Crippen LogP contribution in [0.25, 0.3) is 11.3 Å². The number of hydrogen-bond acceptors (Lipinski definition) is 4. The summed E-state index contributed by atoms with van der Waals surface area (Å²) in [5.74, 6) is 0.524. The largest absolute Gasteiger partial charge is 0.496 e. The normalized spacial score (nSPS) is 11.4. The molecule has 1 heterocycles. The number of nitrogens with zero attached hydrogens (tertiary/aromatic N) is 2. The van der Waals surface area contributed by atoms with Gasteiger partial charge in [-0.1, -0.05) is 26.0 Å². The predicted molar refractivity (Wildman–Crippen MR) is 97.6 cm³/mol. The van der Waals surface area contributed by atoms with E-state index in [1.54, 1.807) is 25.0 Å². The second kappa shape index (κ2) is 8.16. The minimum Gasteiger partial charge on any atom is -0.496 e. The van der Waals surface area contributed by atoms with Gasteiger partial charge in [0.05, 0.1) is 12.7 Å². The summed E-state index contributed by atoms with van der Waals surface area (Å²) in [6.45, 7) is 4.72. The topological polar surface area (TPSA) is 76.4 Å². The molecular weight excluding hydrogens is 318 g/mol. The zero-order valence-electron chi connectivity index (χ0n) is 15.4. The molecule has 136 valence electrons. The Morgan fingerprint density at radius 1 is 1.36 bits per heavy atom. The molecule has 0 saturated carbocycles. The van der Waals surface area contributed by atoms with E-state index in [4.69, 9.17) is 4.74 Å². The number of carbonyl (C=O) groups excluding carboxylic acids is 1. The van der Waals surface area contributed by atoms with Crippen LogP contribution in [0.5, 0.6) is 5.75 Å². The van der Waals surface area contributed by atoms with Crippen LogP contribution in [0.4, 0.5) is 0 Å². The molecule has 0 saturated heterocycles. The van der Waals surface area contributed by atoms with Crippen molar-refractivity contribution in [2.24, 2.45) is 12.5 Å². The van der Waals surface area contributed by atoms with Gasteiger partial charge in [-0.3, -0.25) is 9.48 Å². The molecule has 0 radical (unpaired) electrons. The fourth-order valence-electron chi connectivity index (χ4n) is 2.64. The Morgan fingerprint density at radius 3 is 2.76 bits per heavy atom. The summed E-state index contributed by atoms with van der Waals surface area (Å²) in [5, 5.41) is 16.7. The van der Waals surface area contributed by atoms with Gasteiger partial charge in [0.15, 0.2) is 0 Å². The lowest BCUT2D eigenvalue weighted by Crippen LogP contribution is -2.26. The Hall–Kier alpha value is -2.34. The molecule has 2 N–H and O–H groups in total. The summed E-state index contributed by atoms with van der Waals surface area (Å²) in [6, 6.07) is 7.52. The molecule has 25 heavy (non-hydrogen) atoms. The van der Waals surface area contributed by atoms with E-state index >= 15 is 0 Å². The van der Waals surface area contributed by atoms with E-state index in [0.29, 0.717) is 23.6 Å². The van der Waals surface area contributed by atoms with Crippen molar-refractivity contribution in [3.8, 4) is 17.0 Å². The number of nitrogens with one attached hydrogen (secondary N) is 1. The number of aliphatic hydroxyl groups excluding tert-OH is 1. The summed E-state index contributed by atoms with van der Waals surface area (Å²) in [7, 11) is 3.39. The van der Waals surface area contributed by atoms with Crippen molar-refractivity contribution in [3.05, 3.63) is 36.0 Å². The highest BCUT2D eigenvalue weighted by atomic mass is 16.5. The zero-order chi connectivity index (χ0) is 18.4. The van der Waals surface area contributed by atoms with Crippen LogP contribution in [-0.4, -0.2) is 41.1 Å². The van der Waals surface area contributed by atoms with Crippen molar-refractivity contribution in [1.29, 1.82) is 0 Å². The number of hydrogen-bond donors (Lipinski definition) is 2. The Labute approximate surface area is 148 Å². The number of aliphatic hydroxyl groups is 1. The molecular formula is C19H27N3O3. The Kier molecular flexibility index (Phi) is 6.20. The van der Waals surface area contributed by atoms with Crippen molar-refractivity contribution in [1.82, 2.24) is 15.1 Å². The van der Waals surface area contributed by atoms with Crippen molar-refractivity contribution in [2.45, 2.75) is 26.7 Å². The summed E-state index contributed by atoms with van der Waals surface area (Å²) in [5.41, 5.74) is 1.79. The molecule has 1 aromatic heterocycles. The third-order valence-corrected chi connectivity index (χ3v) is 4.18. The molecule has 0 aliphatic carbocycles. The average molecular weight is 345 g/mol. The lowest BCUT2D eigenvalue weighted by molar-refractivity contribution is 0.0949. The number of benzene rings is 1. The maximum atomic E-state index is 12.6. The maximum absolute atomic E-state index is 12.6. The Balaban J connectivity index is 2.11. The average Bonchev–Trinajstić information content (AvgIpc) is 3.00. The number of rotatable bonds is 8. The molecule has 0 fully saturated rings. The quantitative estimate of drug-likeness (QED) is 0.721. The zero-order valence-corrected chi connectivity index (χ0v) is 15.4. The van der Waals surface area contributed by atoms with Crippen LogP contribution in [0.2, 0.25) is 0 Å². The van der Waals surface area contributed by atoms with Gasteiger partial charge in [-0.2, -0.15) is 5.10 Å². The minimum atomic E-state index is -0.157. The first-order chi connectivity index (χ1) is 11.9. The van der Waals surface area contributed by atoms with E-state index < -0.39 is 0 Å². The standard InChI is InChI=1S/C19H27N3O3/c1-19(2,13-23)10-7-11-20-18(24)15-12-22(3)21-17(15)14-8-5-6-9-16(14)25-4/h5-6,8-9,12,23H,7,10-11,13H2,1-4H3,(H,20,24). The Morgan fingerprint density at radius 2 is 2.08 bits per heavy atom. The number of amides is 1. The summed E-state index contributed by atoms with van der Waals surface area (Å²) < 4.78 is 7.02. The molecule has 1 aromatic carbocycles. The first kappa shape index (κ1) is 19.0. The highest BCUT2D eigenvalue weighted by Crippen LogP contribution is 2.30. The third-order valence-electron chi connectivity index (χ3n) is 4.18. The van der Waals surface area contributed by atoms with Gasteiger partial charge in [-0.15, -0.1) is 0 Å². The van der Waals surface area contributed by atoms with E-state index in [2.05, 4.69) is 10.4 Å². The predicted octanol–water partition coefficient (Wildman–Crippen LogP) is 2.62. The van der Waals surface area contributed by atoms with Gasteiger partial charge in [0.2, 0.25) is 0 Å². The lowest BCUT2D eigenvalue weighted by Gasteiger charge is -2.21. The molecule has 0 aliphatic rings. The first-order valence-electron chi connectivity index (χ1n) is 8.44. The van der Waals surface area contributed by atoms with Crippen LogP contribution in [0.15, 0.2) is 30.5 Å². The highest BCUT2D eigenvalue weighted by molar-refractivity contribution is 6.00. The molecule has 0 spiro atoms. The van der Waals surface area contributed by atoms with Gasteiger partial charge >= 0.3 is 0 Å². The van der Waals surface area contributed by atoms with Crippen LogP contribution in [0.1, 0.15) is 37.0 Å². The van der Waals surface area contributed by atoms with Crippen LogP contribution in [0.3, 0.4) is 0 Å². The van der Waals surface area contributed by atoms with Gasteiger partial charge in [0.1, 0.15) is 11.4 Å². The van der Waals surface area contributed by atoms with Crippen molar-refractivity contribution in [2.75, 3.05) is 20.3 Å². The molecule has 0 aliphatic heterocycles. The molecule has 2 aromatic rings. The number of para-hydroxylation sites is 1. The van der Waals surface area contributed by atoms with Crippen molar-refractivity contribution < 1.29 is 14.6 Å². The van der Waals surface area contributed by atoms with E-state index in [-0.39, 0.29) is 17.9 Å². The van der Waals surface area contributed by atoms with E-state index in [1.807, 2.05) is 38.1 Å². The molecule has 0 bridgehead atoms. The van der Waals surface area contributed by atoms with Gasteiger partial charge in [0.25, 0.3) is 5.91 Å². The number of ether oxygens (including phenoxy) is 1. The summed E-state index contributed by atoms with van der Waals surface area (Å²) in [4.78, 5) is 12.6. The second-order valence-electron chi connectivity index (χ2n) is 6.95. The SMILES string of the molecule is COc1ccccc1-c1nn(C)cc1C(=O)NCCCC(C)(C)CO. The third kappa shape index (κ3) is 4.82. The Bertz CT molecular complexity index is 722. The van der Waals surface area contributed by atoms with Crippen molar-refractivity contribution >= 4 is 5.91 Å². The van der Waals surface area contributed by atoms with Crippen LogP contribution in [0, 0.1) is 5.41 Å². The van der Waals surface area contributed by atoms with E-state index in [0.717, 1.165) is 18.4 Å². The number of aromatic nitrogens is 2. The van der Waals surface area contributed by atoms with Crippen molar-refractivity contribution in [3.63, 3.8) is 0 Å². The highest BCUT2D eigenvalue weighted by Gasteiger charge is 2.20. The van der Waals surface area contributed by atoms with E-state index in [1.165, 1.54) is 0 Å². The number of methoxy groups -OCH3 is 1. The lowest BCUT2D eigenvalue weighted by atomic mass is 9.89. The first-order valence-corrected chi connectivity index (χ1v) is 8.44. The van der Waals surface area contributed by atoms with E-state index in [9.17, 15) is 9.90 Å². The minimum absolute atomic E-state index is 0.123. The number of carbonyl (C=O) groups is 1. The van der Waals surface area contributed by atoms with Gasteiger partial charge < -0.3 is 15.2 Å². The van der Waals surface area contributed by atoms with Gasteiger partial charge in [0, 0.05) is 32.0 Å². The molecule has 2 rings (SSSR count). The number of aryl methyl sites for hydroxylation is 1. The van der Waals surface area contributed by atoms with Crippen LogP contribution in [-0.2, 0) is 7.05 Å². The molecule has 0 atom stereocenters. The molecule has 6 heteroatoms. The fraction of sp³-hybridized carbons (Fsp3) is 0.474. The maximum Gasteiger partial charge on any atom is 0.255 e. The van der Waals surface area contributed by atoms with Crippen LogP contribution >= 0.6 is 0 Å². The smallest absolute Gasteiger partial charge is 0.255 e. The monoisotopic (exact) mass is 345 g/mol. The van der Waals surface area contributed by atoms with Crippen LogP contribution < -0.4 is 10.1 Å². The van der Waals surface area contributed by atoms with Gasteiger partial charge in [-0.05, 0) is 30.4 Å². The van der Waals surface area contributed by atoms with Gasteiger partial charge in [-0.25, -0.2) is 0 Å². The fourth-order valence-corrected chi connectivity index (χ4v) is 2.64. The second-order valence-corrected chi connectivity index (χ2v) is 6.95. The summed E-state index contributed by atoms with van der Waals surface area (Å²) in [6.07, 6.45) is 3.37. The molecule has 6 nitrogen and oxygen atoms in total. The summed E-state index contributed by atoms with van der Waals surface area (Å²) >= 11 is 0.